The van der Waals surface area contributed by atoms with E-state index in [1.807, 2.05) is 0 Å². The number of anilines is 1. The van der Waals surface area contributed by atoms with Gasteiger partial charge in [-0.1, -0.05) is 0 Å². The summed E-state index contributed by atoms with van der Waals surface area (Å²) in [5, 5.41) is 6.81. The molecule has 0 amide bonds. The molecular weight excluding hydrogens is 223 g/mol. The number of ether oxygens (including phenoxy) is 1. The smallest absolute Gasteiger partial charge is 0.379 e. The van der Waals surface area contributed by atoms with Gasteiger partial charge in [-0.15, -0.1) is 0 Å². The molecule has 1 aliphatic rings. The Morgan fingerprint density at radius 2 is 2.38 bits per heavy atom. The monoisotopic (exact) mass is 235 g/mol. The van der Waals surface area contributed by atoms with Gasteiger partial charge in [0.05, 0.1) is 12.6 Å². The lowest BCUT2D eigenvalue weighted by molar-refractivity contribution is -0.142. The van der Waals surface area contributed by atoms with Crippen molar-refractivity contribution in [3.63, 3.8) is 0 Å². The van der Waals surface area contributed by atoms with Crippen molar-refractivity contribution in [3.8, 4) is 0 Å². The summed E-state index contributed by atoms with van der Waals surface area (Å²) in [6, 6.07) is 1.68. The summed E-state index contributed by atoms with van der Waals surface area (Å²) in [7, 11) is 0. The maximum absolute atomic E-state index is 12.1. The minimum absolute atomic E-state index is 0.147. The molecule has 0 aromatic carbocycles. The predicted octanol–water partition coefficient (Wildman–Crippen LogP) is 1.65. The van der Waals surface area contributed by atoms with Gasteiger partial charge >= 0.3 is 6.18 Å². The van der Waals surface area contributed by atoms with Gasteiger partial charge in [-0.25, -0.2) is 0 Å². The number of halogens is 3. The maximum Gasteiger partial charge on any atom is 0.408 e. The molecule has 1 atom stereocenters. The Kier molecular flexibility index (Phi) is 3.04. The van der Waals surface area contributed by atoms with Crippen LogP contribution in [0.2, 0.25) is 0 Å². The summed E-state index contributed by atoms with van der Waals surface area (Å²) in [6.45, 7) is 0.197. The van der Waals surface area contributed by atoms with Crippen molar-refractivity contribution in [2.24, 2.45) is 0 Å². The highest BCUT2D eigenvalue weighted by Crippen LogP contribution is 2.18. The number of alkyl halides is 3. The first-order chi connectivity index (χ1) is 7.53. The SMILES string of the molecule is FC(F)(F)Cn1ccc(NC2CCOC2)n1. The van der Waals surface area contributed by atoms with E-state index in [9.17, 15) is 13.2 Å². The molecule has 0 spiro atoms. The molecule has 0 saturated carbocycles. The van der Waals surface area contributed by atoms with Gasteiger partial charge < -0.3 is 10.1 Å². The van der Waals surface area contributed by atoms with E-state index in [0.717, 1.165) is 11.1 Å². The minimum atomic E-state index is -4.24. The van der Waals surface area contributed by atoms with E-state index < -0.39 is 12.7 Å². The van der Waals surface area contributed by atoms with Crippen LogP contribution in [-0.4, -0.2) is 35.2 Å². The molecule has 16 heavy (non-hydrogen) atoms. The van der Waals surface area contributed by atoms with E-state index in [1.54, 1.807) is 0 Å². The van der Waals surface area contributed by atoms with E-state index in [1.165, 1.54) is 12.3 Å². The molecule has 1 N–H and O–H groups in total. The van der Waals surface area contributed by atoms with Crippen LogP contribution in [0.25, 0.3) is 0 Å². The lowest BCUT2D eigenvalue weighted by Crippen LogP contribution is -2.21. The summed E-state index contributed by atoms with van der Waals surface area (Å²) >= 11 is 0. The normalized spacial score (nSPS) is 21.3. The molecule has 1 aromatic rings. The van der Waals surface area contributed by atoms with Crippen LogP contribution < -0.4 is 5.32 Å². The molecular formula is C9H12F3N3O. The second kappa shape index (κ2) is 4.32. The highest BCUT2D eigenvalue weighted by Gasteiger charge is 2.28. The van der Waals surface area contributed by atoms with E-state index in [2.05, 4.69) is 10.4 Å². The average molecular weight is 235 g/mol. The third-order valence-corrected chi connectivity index (χ3v) is 2.26. The van der Waals surface area contributed by atoms with Gasteiger partial charge in [-0.2, -0.15) is 18.3 Å². The molecule has 1 saturated heterocycles. The number of nitrogens with one attached hydrogen (secondary N) is 1. The lowest BCUT2D eigenvalue weighted by Gasteiger charge is -2.09. The second-order valence-corrected chi connectivity index (χ2v) is 3.72. The minimum Gasteiger partial charge on any atom is -0.379 e. The van der Waals surface area contributed by atoms with Crippen LogP contribution in [0.3, 0.4) is 0 Å². The van der Waals surface area contributed by atoms with Crippen LogP contribution >= 0.6 is 0 Å². The van der Waals surface area contributed by atoms with Crippen LogP contribution in [0.4, 0.5) is 19.0 Å². The quantitative estimate of drug-likeness (QED) is 0.865. The molecule has 1 aromatic heterocycles. The molecule has 0 aliphatic carbocycles. The first-order valence-electron chi connectivity index (χ1n) is 4.97. The Morgan fingerprint density at radius 1 is 1.56 bits per heavy atom. The average Bonchev–Trinajstić information content (AvgIpc) is 2.75. The summed E-state index contributed by atoms with van der Waals surface area (Å²) in [5.74, 6) is 0.458. The van der Waals surface area contributed by atoms with Gasteiger partial charge in [-0.05, 0) is 6.42 Å². The van der Waals surface area contributed by atoms with Crippen LogP contribution in [-0.2, 0) is 11.3 Å². The largest absolute Gasteiger partial charge is 0.408 e. The fourth-order valence-corrected chi connectivity index (χ4v) is 1.57. The summed E-state index contributed by atoms with van der Waals surface area (Å²) in [4.78, 5) is 0. The summed E-state index contributed by atoms with van der Waals surface area (Å²) < 4.78 is 42.2. The maximum atomic E-state index is 12.1. The number of hydrogen-bond acceptors (Lipinski definition) is 3. The van der Waals surface area contributed by atoms with Gasteiger partial charge in [0.15, 0.2) is 0 Å². The van der Waals surface area contributed by atoms with E-state index in [4.69, 9.17) is 4.74 Å². The van der Waals surface area contributed by atoms with Crippen LogP contribution in [0, 0.1) is 0 Å². The van der Waals surface area contributed by atoms with E-state index >= 15 is 0 Å². The van der Waals surface area contributed by atoms with Crippen LogP contribution in [0.5, 0.6) is 0 Å². The predicted molar refractivity (Wildman–Crippen MR) is 51.1 cm³/mol. The molecule has 2 rings (SSSR count). The van der Waals surface area contributed by atoms with Crippen molar-refractivity contribution in [3.05, 3.63) is 12.3 Å². The molecule has 1 fully saturated rings. The van der Waals surface area contributed by atoms with Crippen LogP contribution in [0.1, 0.15) is 6.42 Å². The Morgan fingerprint density at radius 3 is 3.00 bits per heavy atom. The number of rotatable bonds is 3. The van der Waals surface area contributed by atoms with Crippen molar-refractivity contribution in [1.29, 1.82) is 0 Å². The lowest BCUT2D eigenvalue weighted by atomic mass is 10.3. The van der Waals surface area contributed by atoms with Crippen molar-refractivity contribution < 1.29 is 17.9 Å². The second-order valence-electron chi connectivity index (χ2n) is 3.72. The molecule has 90 valence electrons. The molecule has 1 unspecified atom stereocenters. The summed E-state index contributed by atoms with van der Waals surface area (Å²) in [6.07, 6.45) is -2.07. The number of aromatic nitrogens is 2. The molecule has 0 radical (unpaired) electrons. The molecule has 4 nitrogen and oxygen atoms in total. The molecule has 2 heterocycles. The highest BCUT2D eigenvalue weighted by atomic mass is 19.4. The van der Waals surface area contributed by atoms with E-state index in [-0.39, 0.29) is 6.04 Å². The third-order valence-electron chi connectivity index (χ3n) is 2.26. The molecule has 7 heteroatoms. The first kappa shape index (κ1) is 11.3. The van der Waals surface area contributed by atoms with Gasteiger partial charge in [0.25, 0.3) is 0 Å². The Bertz CT molecular complexity index is 344. The fraction of sp³-hybridized carbons (Fsp3) is 0.667. The standard InChI is InChI=1S/C9H12F3N3O/c10-9(11,12)6-15-3-1-8(14-15)13-7-2-4-16-5-7/h1,3,7H,2,4-6H2,(H,13,14). The number of nitrogens with zero attached hydrogens (tertiary/aromatic N) is 2. The van der Waals surface area contributed by atoms with Crippen LogP contribution in [0.15, 0.2) is 12.3 Å². The molecule has 1 aliphatic heterocycles. The zero-order valence-electron chi connectivity index (χ0n) is 8.50. The van der Waals surface area contributed by atoms with Gasteiger partial charge in [0.2, 0.25) is 0 Å². The zero-order valence-corrected chi connectivity index (χ0v) is 8.50. The fourth-order valence-electron chi connectivity index (χ4n) is 1.57. The third kappa shape index (κ3) is 3.13. The summed E-state index contributed by atoms with van der Waals surface area (Å²) in [5.41, 5.74) is 0. The highest BCUT2D eigenvalue weighted by molar-refractivity contribution is 5.33. The molecule has 0 bridgehead atoms. The first-order valence-corrected chi connectivity index (χ1v) is 4.97. The van der Waals surface area contributed by atoms with E-state index in [0.29, 0.717) is 19.0 Å². The van der Waals surface area contributed by atoms with Crippen molar-refractivity contribution >= 4 is 5.82 Å². The van der Waals surface area contributed by atoms with Gasteiger partial charge in [0.1, 0.15) is 12.4 Å². The zero-order chi connectivity index (χ0) is 11.6. The Labute approximate surface area is 90.4 Å². The number of hydrogen-bond donors (Lipinski definition) is 1. The van der Waals surface area contributed by atoms with Crippen molar-refractivity contribution in [1.82, 2.24) is 9.78 Å². The van der Waals surface area contributed by atoms with Crippen molar-refractivity contribution in [2.75, 3.05) is 18.5 Å². The Hall–Kier alpha value is -1.24. The van der Waals surface area contributed by atoms with Gasteiger partial charge in [-0.3, -0.25) is 4.68 Å². The van der Waals surface area contributed by atoms with Gasteiger partial charge in [0, 0.05) is 18.9 Å². The van der Waals surface area contributed by atoms with Crippen molar-refractivity contribution in [2.45, 2.75) is 25.2 Å². The Balaban J connectivity index is 1.91. The topological polar surface area (TPSA) is 39.1 Å².